The van der Waals surface area contributed by atoms with E-state index in [0.717, 1.165) is 51.3 Å². The number of benzene rings is 1. The Bertz CT molecular complexity index is 602. The smallest absolute Gasteiger partial charge is 0.115 e. The van der Waals surface area contributed by atoms with Gasteiger partial charge in [0, 0.05) is 44.6 Å². The molecule has 1 aromatic carbocycles. The first-order chi connectivity index (χ1) is 11.7. The van der Waals surface area contributed by atoms with Gasteiger partial charge in [0.2, 0.25) is 0 Å². The van der Waals surface area contributed by atoms with Gasteiger partial charge in [-0.1, -0.05) is 37.3 Å². The van der Waals surface area contributed by atoms with Gasteiger partial charge < -0.3 is 14.2 Å². The first-order valence-corrected chi connectivity index (χ1v) is 9.10. The zero-order valence-electron chi connectivity index (χ0n) is 14.9. The second-order valence-corrected chi connectivity index (χ2v) is 6.84. The molecule has 0 amide bonds. The van der Waals surface area contributed by atoms with Crippen molar-refractivity contribution in [3.63, 3.8) is 0 Å². The minimum Gasteiger partial charge on any atom is -0.378 e. The van der Waals surface area contributed by atoms with Gasteiger partial charge in [-0.05, 0) is 31.9 Å². The molecule has 0 spiro atoms. The SMILES string of the molecule is C[C@@H](c1ccccc1)c1nccn1CCCOC1CCN(C)CC1. The second-order valence-electron chi connectivity index (χ2n) is 6.84. The van der Waals surface area contributed by atoms with Gasteiger partial charge in [0.1, 0.15) is 5.82 Å². The van der Waals surface area contributed by atoms with Crippen molar-refractivity contribution in [2.24, 2.45) is 0 Å². The van der Waals surface area contributed by atoms with Crippen LogP contribution in [0, 0.1) is 0 Å². The van der Waals surface area contributed by atoms with Crippen molar-refractivity contribution < 1.29 is 4.74 Å². The molecular formula is C20H29N3O. The van der Waals surface area contributed by atoms with Gasteiger partial charge in [0.15, 0.2) is 0 Å². The average Bonchev–Trinajstić information content (AvgIpc) is 3.09. The van der Waals surface area contributed by atoms with Gasteiger partial charge in [-0.15, -0.1) is 0 Å². The lowest BCUT2D eigenvalue weighted by Crippen LogP contribution is -2.34. The number of imidazole rings is 1. The minimum atomic E-state index is 0.316. The first kappa shape index (κ1) is 17.2. The summed E-state index contributed by atoms with van der Waals surface area (Å²) in [6.45, 7) is 6.35. The molecule has 0 radical (unpaired) electrons. The molecule has 0 aliphatic carbocycles. The highest BCUT2D eigenvalue weighted by Crippen LogP contribution is 2.22. The van der Waals surface area contributed by atoms with E-state index in [0.29, 0.717) is 12.0 Å². The maximum absolute atomic E-state index is 6.05. The molecule has 3 rings (SSSR count). The summed E-state index contributed by atoms with van der Waals surface area (Å²) in [7, 11) is 2.19. The third-order valence-electron chi connectivity index (χ3n) is 5.00. The fraction of sp³-hybridized carbons (Fsp3) is 0.550. The summed E-state index contributed by atoms with van der Waals surface area (Å²) >= 11 is 0. The van der Waals surface area contributed by atoms with E-state index < -0.39 is 0 Å². The summed E-state index contributed by atoms with van der Waals surface area (Å²) in [5.41, 5.74) is 1.31. The van der Waals surface area contributed by atoms with Gasteiger partial charge in [0.25, 0.3) is 0 Å². The molecule has 0 bridgehead atoms. The van der Waals surface area contributed by atoms with E-state index in [4.69, 9.17) is 4.74 Å². The van der Waals surface area contributed by atoms with Crippen LogP contribution in [-0.2, 0) is 11.3 Å². The normalized spacial score (nSPS) is 17.9. The van der Waals surface area contributed by atoms with E-state index in [-0.39, 0.29) is 0 Å². The fourth-order valence-electron chi connectivity index (χ4n) is 3.42. The Balaban J connectivity index is 1.47. The Morgan fingerprint density at radius 2 is 1.96 bits per heavy atom. The maximum atomic E-state index is 6.05. The molecule has 130 valence electrons. The lowest BCUT2D eigenvalue weighted by molar-refractivity contribution is 0.0102. The van der Waals surface area contributed by atoms with Gasteiger partial charge in [-0.25, -0.2) is 4.98 Å². The quantitative estimate of drug-likeness (QED) is 0.729. The Kier molecular flexibility index (Phi) is 6.05. The monoisotopic (exact) mass is 327 g/mol. The molecule has 1 fully saturated rings. The third kappa shape index (κ3) is 4.46. The van der Waals surface area contributed by atoms with E-state index >= 15 is 0 Å². The molecule has 0 N–H and O–H groups in total. The van der Waals surface area contributed by atoms with Crippen molar-refractivity contribution in [3.8, 4) is 0 Å². The van der Waals surface area contributed by atoms with E-state index in [9.17, 15) is 0 Å². The first-order valence-electron chi connectivity index (χ1n) is 9.10. The number of ether oxygens (including phenoxy) is 1. The summed E-state index contributed by atoms with van der Waals surface area (Å²) in [6, 6.07) is 10.6. The number of aryl methyl sites for hydroxylation is 1. The number of aromatic nitrogens is 2. The summed E-state index contributed by atoms with van der Waals surface area (Å²) in [5.74, 6) is 1.46. The van der Waals surface area contributed by atoms with Crippen LogP contribution in [0.15, 0.2) is 42.7 Å². The number of hydrogen-bond donors (Lipinski definition) is 0. The van der Waals surface area contributed by atoms with Crippen molar-refractivity contribution in [3.05, 3.63) is 54.1 Å². The van der Waals surface area contributed by atoms with Crippen molar-refractivity contribution >= 4 is 0 Å². The minimum absolute atomic E-state index is 0.316. The van der Waals surface area contributed by atoms with Gasteiger partial charge in [-0.2, -0.15) is 0 Å². The van der Waals surface area contributed by atoms with E-state index in [1.165, 1.54) is 5.56 Å². The molecule has 4 heteroatoms. The Labute approximate surface area is 145 Å². The summed E-state index contributed by atoms with van der Waals surface area (Å²) in [4.78, 5) is 6.96. The van der Waals surface area contributed by atoms with Crippen LogP contribution in [0.1, 0.15) is 43.5 Å². The highest BCUT2D eigenvalue weighted by atomic mass is 16.5. The fourth-order valence-corrected chi connectivity index (χ4v) is 3.42. The average molecular weight is 327 g/mol. The largest absolute Gasteiger partial charge is 0.378 e. The lowest BCUT2D eigenvalue weighted by atomic mass is 10.0. The molecule has 4 nitrogen and oxygen atoms in total. The lowest BCUT2D eigenvalue weighted by Gasteiger charge is -2.28. The molecule has 2 heterocycles. The number of likely N-dealkylation sites (tertiary alicyclic amines) is 1. The number of nitrogens with zero attached hydrogens (tertiary/aromatic N) is 3. The maximum Gasteiger partial charge on any atom is 0.115 e. The zero-order chi connectivity index (χ0) is 16.8. The highest BCUT2D eigenvalue weighted by Gasteiger charge is 2.17. The molecule has 1 aromatic heterocycles. The van der Waals surface area contributed by atoms with Crippen LogP contribution in [0.4, 0.5) is 0 Å². The van der Waals surface area contributed by atoms with Crippen molar-refractivity contribution in [2.45, 2.75) is 44.8 Å². The second kappa shape index (κ2) is 8.45. The summed E-state index contributed by atoms with van der Waals surface area (Å²) in [6.07, 6.45) is 7.82. The van der Waals surface area contributed by atoms with Crippen LogP contribution in [0.2, 0.25) is 0 Å². The molecule has 2 aromatic rings. The summed E-state index contributed by atoms with van der Waals surface area (Å²) in [5, 5.41) is 0. The number of hydrogen-bond acceptors (Lipinski definition) is 3. The van der Waals surface area contributed by atoms with Gasteiger partial charge in [-0.3, -0.25) is 0 Å². The van der Waals surface area contributed by atoms with E-state index in [1.807, 2.05) is 6.20 Å². The standard InChI is InChI=1S/C20H29N3O/c1-17(18-7-4-3-5-8-18)20-21-11-15-23(20)12-6-16-24-19-9-13-22(2)14-10-19/h3-5,7-8,11,15,17,19H,6,9-10,12-14,16H2,1-2H3/t17-/m0/s1. The van der Waals surface area contributed by atoms with Crippen LogP contribution in [0.5, 0.6) is 0 Å². The predicted molar refractivity (Wildman–Crippen MR) is 97.3 cm³/mol. The van der Waals surface area contributed by atoms with Gasteiger partial charge in [0.05, 0.1) is 6.10 Å². The number of piperidine rings is 1. The molecule has 1 aliphatic heterocycles. The van der Waals surface area contributed by atoms with Crippen molar-refractivity contribution in [2.75, 3.05) is 26.7 Å². The Morgan fingerprint density at radius 3 is 2.71 bits per heavy atom. The highest BCUT2D eigenvalue weighted by molar-refractivity contribution is 5.24. The third-order valence-corrected chi connectivity index (χ3v) is 5.00. The topological polar surface area (TPSA) is 30.3 Å². The Hall–Kier alpha value is -1.65. The van der Waals surface area contributed by atoms with Crippen LogP contribution in [0.25, 0.3) is 0 Å². The Morgan fingerprint density at radius 1 is 1.21 bits per heavy atom. The van der Waals surface area contributed by atoms with Crippen LogP contribution >= 0.6 is 0 Å². The molecule has 1 aliphatic rings. The van der Waals surface area contributed by atoms with Crippen LogP contribution in [-0.4, -0.2) is 47.3 Å². The molecular weight excluding hydrogens is 298 g/mol. The molecule has 0 saturated carbocycles. The van der Waals surface area contributed by atoms with E-state index in [1.54, 1.807) is 0 Å². The van der Waals surface area contributed by atoms with E-state index in [2.05, 4.69) is 65.0 Å². The zero-order valence-corrected chi connectivity index (χ0v) is 14.9. The molecule has 24 heavy (non-hydrogen) atoms. The molecule has 0 unspecified atom stereocenters. The van der Waals surface area contributed by atoms with Crippen LogP contribution in [0.3, 0.4) is 0 Å². The van der Waals surface area contributed by atoms with Crippen molar-refractivity contribution in [1.82, 2.24) is 14.5 Å². The van der Waals surface area contributed by atoms with Crippen LogP contribution < -0.4 is 0 Å². The molecule has 1 saturated heterocycles. The predicted octanol–water partition coefficient (Wildman–Crippen LogP) is 3.54. The number of rotatable bonds is 7. The van der Waals surface area contributed by atoms with Crippen molar-refractivity contribution in [1.29, 1.82) is 0 Å². The summed E-state index contributed by atoms with van der Waals surface area (Å²) < 4.78 is 8.33. The molecule has 1 atom stereocenters. The van der Waals surface area contributed by atoms with Gasteiger partial charge >= 0.3 is 0 Å².